The lowest BCUT2D eigenvalue weighted by molar-refractivity contribution is 0.275. The number of anilines is 1. The van der Waals surface area contributed by atoms with Gasteiger partial charge in [-0.25, -0.2) is 0 Å². The molecule has 0 radical (unpaired) electrons. The summed E-state index contributed by atoms with van der Waals surface area (Å²) in [4.78, 5) is 4.97. The molecule has 4 heteroatoms. The van der Waals surface area contributed by atoms with Gasteiger partial charge >= 0.3 is 0 Å². The summed E-state index contributed by atoms with van der Waals surface area (Å²) in [6.07, 6.45) is 0. The van der Waals surface area contributed by atoms with E-state index in [1.54, 1.807) is 0 Å². The predicted molar refractivity (Wildman–Crippen MR) is 95.0 cm³/mol. The van der Waals surface area contributed by atoms with Crippen molar-refractivity contribution in [2.45, 2.75) is 33.4 Å². The van der Waals surface area contributed by atoms with Crippen LogP contribution < -0.4 is 10.2 Å². The Bertz CT molecular complexity index is 461. The van der Waals surface area contributed by atoms with E-state index in [1.807, 2.05) is 0 Å². The van der Waals surface area contributed by atoms with Crippen molar-refractivity contribution in [1.82, 2.24) is 10.2 Å². The topological polar surface area (TPSA) is 18.5 Å². The number of hydrogen-bond acceptors (Lipinski definition) is 3. The van der Waals surface area contributed by atoms with Crippen LogP contribution >= 0.6 is 15.9 Å². The predicted octanol–water partition coefficient (Wildman–Crippen LogP) is 3.34. The van der Waals surface area contributed by atoms with Gasteiger partial charge in [-0.3, -0.25) is 0 Å². The van der Waals surface area contributed by atoms with Gasteiger partial charge in [0.15, 0.2) is 0 Å². The Morgan fingerprint density at radius 1 is 1.33 bits per heavy atom. The average Bonchev–Trinajstić information content (AvgIpc) is 2.40. The molecule has 0 spiro atoms. The lowest BCUT2D eigenvalue weighted by Crippen LogP contribution is -2.50. The van der Waals surface area contributed by atoms with E-state index in [-0.39, 0.29) is 0 Å². The van der Waals surface area contributed by atoms with E-state index in [0.29, 0.717) is 12.0 Å². The molecule has 1 unspecified atom stereocenters. The Labute approximate surface area is 137 Å². The fourth-order valence-electron chi connectivity index (χ4n) is 2.95. The molecule has 0 aliphatic carbocycles. The second-order valence-corrected chi connectivity index (χ2v) is 7.52. The van der Waals surface area contributed by atoms with Crippen molar-refractivity contribution in [3.8, 4) is 0 Å². The Morgan fingerprint density at radius 2 is 2.10 bits per heavy atom. The minimum atomic E-state index is 0.557. The first kappa shape index (κ1) is 16.8. The number of benzene rings is 1. The van der Waals surface area contributed by atoms with E-state index in [1.165, 1.54) is 11.3 Å². The van der Waals surface area contributed by atoms with Crippen molar-refractivity contribution in [2.75, 3.05) is 38.1 Å². The van der Waals surface area contributed by atoms with Crippen LogP contribution in [0.2, 0.25) is 0 Å². The quantitative estimate of drug-likeness (QED) is 0.875. The number of nitrogens with zero attached hydrogens (tertiary/aromatic N) is 2. The lowest BCUT2D eigenvalue weighted by Gasteiger charge is -2.40. The first-order valence-corrected chi connectivity index (χ1v) is 8.71. The van der Waals surface area contributed by atoms with Crippen LogP contribution in [0.1, 0.15) is 26.3 Å². The van der Waals surface area contributed by atoms with Crippen LogP contribution in [-0.4, -0.2) is 44.2 Å². The SMILES string of the molecule is CC(C)CNCc1ccc(Br)cc1N1CCN(C)CC1C. The summed E-state index contributed by atoms with van der Waals surface area (Å²) in [7, 11) is 2.21. The van der Waals surface area contributed by atoms with Crippen LogP contribution in [0.5, 0.6) is 0 Å². The molecule has 0 bridgehead atoms. The number of nitrogens with one attached hydrogen (secondary N) is 1. The molecule has 118 valence electrons. The average molecular weight is 354 g/mol. The van der Waals surface area contributed by atoms with Crippen molar-refractivity contribution >= 4 is 21.6 Å². The highest BCUT2D eigenvalue weighted by Gasteiger charge is 2.23. The fraction of sp³-hybridized carbons (Fsp3) is 0.647. The van der Waals surface area contributed by atoms with Gasteiger partial charge in [-0.2, -0.15) is 0 Å². The Morgan fingerprint density at radius 3 is 2.76 bits per heavy atom. The molecule has 1 aliphatic heterocycles. The smallest absolute Gasteiger partial charge is 0.0426 e. The van der Waals surface area contributed by atoms with E-state index < -0.39 is 0 Å². The van der Waals surface area contributed by atoms with Gasteiger partial charge in [0.1, 0.15) is 0 Å². The van der Waals surface area contributed by atoms with Gasteiger partial charge in [0.2, 0.25) is 0 Å². The van der Waals surface area contributed by atoms with Gasteiger partial charge in [0.25, 0.3) is 0 Å². The maximum Gasteiger partial charge on any atom is 0.0426 e. The second-order valence-electron chi connectivity index (χ2n) is 6.60. The van der Waals surface area contributed by atoms with E-state index in [9.17, 15) is 0 Å². The minimum Gasteiger partial charge on any atom is -0.366 e. The number of likely N-dealkylation sites (N-methyl/N-ethyl adjacent to an activating group) is 1. The molecule has 0 amide bonds. The third kappa shape index (κ3) is 4.70. The fourth-order valence-corrected chi connectivity index (χ4v) is 3.30. The summed E-state index contributed by atoms with van der Waals surface area (Å²) >= 11 is 3.63. The van der Waals surface area contributed by atoms with Crippen LogP contribution in [0.3, 0.4) is 0 Å². The van der Waals surface area contributed by atoms with Gasteiger partial charge in [-0.1, -0.05) is 35.8 Å². The van der Waals surface area contributed by atoms with Crippen molar-refractivity contribution < 1.29 is 0 Å². The van der Waals surface area contributed by atoms with E-state index in [0.717, 1.165) is 37.2 Å². The van der Waals surface area contributed by atoms with Gasteiger partial charge in [0, 0.05) is 42.4 Å². The highest BCUT2D eigenvalue weighted by molar-refractivity contribution is 9.10. The summed E-state index contributed by atoms with van der Waals surface area (Å²) < 4.78 is 1.16. The Kier molecular flexibility index (Phi) is 6.08. The van der Waals surface area contributed by atoms with Crippen LogP contribution in [-0.2, 0) is 6.54 Å². The monoisotopic (exact) mass is 353 g/mol. The summed E-state index contributed by atoms with van der Waals surface area (Å²) in [6, 6.07) is 7.23. The number of piperazine rings is 1. The molecule has 1 aliphatic rings. The third-order valence-electron chi connectivity index (χ3n) is 4.06. The standard InChI is InChI=1S/C17H28BrN3/c1-13(2)10-19-11-15-5-6-16(18)9-17(15)21-8-7-20(4)12-14(21)3/h5-6,9,13-14,19H,7-8,10-12H2,1-4H3. The van der Waals surface area contributed by atoms with E-state index in [4.69, 9.17) is 0 Å². The van der Waals surface area contributed by atoms with Crippen LogP contribution in [0.25, 0.3) is 0 Å². The number of halogens is 1. The molecule has 1 atom stereocenters. The summed E-state index contributed by atoms with van der Waals surface area (Å²) in [5.41, 5.74) is 2.77. The minimum absolute atomic E-state index is 0.557. The highest BCUT2D eigenvalue weighted by Crippen LogP contribution is 2.28. The highest BCUT2D eigenvalue weighted by atomic mass is 79.9. The summed E-state index contributed by atoms with van der Waals surface area (Å²) in [5, 5.41) is 3.57. The maximum absolute atomic E-state index is 3.63. The molecule has 3 nitrogen and oxygen atoms in total. The molecule has 1 fully saturated rings. The van der Waals surface area contributed by atoms with Crippen molar-refractivity contribution in [1.29, 1.82) is 0 Å². The summed E-state index contributed by atoms with van der Waals surface area (Å²) in [5.74, 6) is 0.687. The molecule has 2 rings (SSSR count). The maximum atomic E-state index is 3.63. The normalized spacial score (nSPS) is 20.3. The van der Waals surface area contributed by atoms with Crippen LogP contribution in [0.4, 0.5) is 5.69 Å². The zero-order chi connectivity index (χ0) is 15.4. The molecule has 1 saturated heterocycles. The molecule has 1 aromatic carbocycles. The van der Waals surface area contributed by atoms with Gasteiger partial charge in [-0.05, 0) is 44.1 Å². The Balaban J connectivity index is 2.14. The molecule has 0 aromatic heterocycles. The largest absolute Gasteiger partial charge is 0.366 e. The molecule has 1 aromatic rings. The van der Waals surface area contributed by atoms with Crippen molar-refractivity contribution in [3.63, 3.8) is 0 Å². The third-order valence-corrected chi connectivity index (χ3v) is 4.55. The van der Waals surface area contributed by atoms with Gasteiger partial charge in [0.05, 0.1) is 0 Å². The lowest BCUT2D eigenvalue weighted by atomic mass is 10.1. The van der Waals surface area contributed by atoms with E-state index >= 15 is 0 Å². The molecule has 1 heterocycles. The molecular weight excluding hydrogens is 326 g/mol. The first-order chi connectivity index (χ1) is 9.97. The van der Waals surface area contributed by atoms with Crippen LogP contribution in [0, 0.1) is 5.92 Å². The van der Waals surface area contributed by atoms with Crippen molar-refractivity contribution in [2.24, 2.45) is 5.92 Å². The molecule has 1 N–H and O–H groups in total. The Hall–Kier alpha value is -0.580. The van der Waals surface area contributed by atoms with Crippen molar-refractivity contribution in [3.05, 3.63) is 28.2 Å². The number of hydrogen-bond donors (Lipinski definition) is 1. The van der Waals surface area contributed by atoms with Gasteiger partial charge in [-0.15, -0.1) is 0 Å². The zero-order valence-electron chi connectivity index (χ0n) is 13.7. The summed E-state index contributed by atoms with van der Waals surface area (Å²) in [6.45, 7) is 12.2. The first-order valence-electron chi connectivity index (χ1n) is 7.91. The second kappa shape index (κ2) is 7.61. The molecule has 0 saturated carbocycles. The zero-order valence-corrected chi connectivity index (χ0v) is 15.3. The molecular formula is C17H28BrN3. The number of rotatable bonds is 5. The molecule has 21 heavy (non-hydrogen) atoms. The van der Waals surface area contributed by atoms with E-state index in [2.05, 4.69) is 77.1 Å². The van der Waals surface area contributed by atoms with Gasteiger partial charge < -0.3 is 15.1 Å². The van der Waals surface area contributed by atoms with Crippen LogP contribution in [0.15, 0.2) is 22.7 Å².